The quantitative estimate of drug-likeness (QED) is 0.609. The van der Waals surface area contributed by atoms with Gasteiger partial charge in [0.2, 0.25) is 5.91 Å². The molecule has 0 N–H and O–H groups in total. The molecule has 0 radical (unpaired) electrons. The number of hydrogen-bond acceptors (Lipinski definition) is 1. The molecule has 1 aromatic rings. The van der Waals surface area contributed by atoms with Crippen LogP contribution in [0.5, 0.6) is 0 Å². The molecule has 1 fully saturated rings. The number of hydrogen-bond donors (Lipinski definition) is 0. The average Bonchev–Trinajstić information content (AvgIpc) is 2.95. The van der Waals surface area contributed by atoms with E-state index >= 15 is 0 Å². The van der Waals surface area contributed by atoms with Crippen LogP contribution in [0.4, 0.5) is 5.69 Å². The summed E-state index contributed by atoms with van der Waals surface area (Å²) in [4.78, 5) is 13.4. The van der Waals surface area contributed by atoms with Gasteiger partial charge in [0.15, 0.2) is 0 Å². The molecule has 2 nitrogen and oxygen atoms in total. The molecular weight excluding hydrogens is 174 g/mol. The van der Waals surface area contributed by atoms with Gasteiger partial charge in [0.25, 0.3) is 0 Å². The Morgan fingerprint density at radius 3 is 3.00 bits per heavy atom. The number of anilines is 1. The number of benzene rings is 1. The molecule has 14 heavy (non-hydrogen) atoms. The van der Waals surface area contributed by atoms with Crippen LogP contribution in [0, 0.1) is 5.92 Å². The number of nitrogens with zero attached hydrogens (tertiary/aromatic N) is 1. The van der Waals surface area contributed by atoms with Gasteiger partial charge in [0.05, 0.1) is 0 Å². The van der Waals surface area contributed by atoms with Crippen LogP contribution in [0.2, 0.25) is 0 Å². The van der Waals surface area contributed by atoms with Gasteiger partial charge in [-0.25, -0.2) is 0 Å². The maximum atomic E-state index is 11.5. The maximum absolute atomic E-state index is 11.5. The molecule has 2 aliphatic rings. The lowest BCUT2D eigenvalue weighted by atomic mass is 10.0. The summed E-state index contributed by atoms with van der Waals surface area (Å²) < 4.78 is 0. The summed E-state index contributed by atoms with van der Waals surface area (Å²) in [5, 5.41) is 0. The van der Waals surface area contributed by atoms with Gasteiger partial charge in [-0.1, -0.05) is 18.2 Å². The van der Waals surface area contributed by atoms with Crippen LogP contribution in [0.25, 0.3) is 0 Å². The number of carbonyl (C=O) groups is 1. The first-order valence-electron chi connectivity index (χ1n) is 5.14. The molecule has 1 aliphatic heterocycles. The predicted octanol–water partition coefficient (Wildman–Crippen LogP) is 2.16. The van der Waals surface area contributed by atoms with E-state index in [1.807, 2.05) is 11.0 Å². The van der Waals surface area contributed by atoms with Crippen LogP contribution in [0.15, 0.2) is 24.3 Å². The van der Waals surface area contributed by atoms with Crippen molar-refractivity contribution < 1.29 is 4.79 Å². The number of carbonyl (C=O) groups excluding carboxylic acids is 1. The lowest BCUT2D eigenvalue weighted by Crippen LogP contribution is -2.33. The Labute approximate surface area is 83.5 Å². The largest absolute Gasteiger partial charge is 0.312 e. The van der Waals surface area contributed by atoms with Crippen molar-refractivity contribution in [3.8, 4) is 0 Å². The molecule has 1 saturated carbocycles. The standard InChI is InChI=1S/C12H13NO/c1-8(14)13-7-9-6-11(9)10-4-2-3-5-12(10)13/h2-5,9,11H,6-7H2,1H3. The molecule has 72 valence electrons. The normalized spacial score (nSPS) is 27.9. The predicted molar refractivity (Wildman–Crippen MR) is 55.3 cm³/mol. The molecule has 0 saturated heterocycles. The van der Waals surface area contributed by atoms with Gasteiger partial charge < -0.3 is 4.90 Å². The van der Waals surface area contributed by atoms with E-state index < -0.39 is 0 Å². The van der Waals surface area contributed by atoms with Crippen LogP contribution in [0.1, 0.15) is 24.8 Å². The number of fused-ring (bicyclic) bond motifs is 3. The van der Waals surface area contributed by atoms with E-state index in [9.17, 15) is 4.79 Å². The topological polar surface area (TPSA) is 20.3 Å². The summed E-state index contributed by atoms with van der Waals surface area (Å²) in [5.74, 6) is 1.64. The van der Waals surface area contributed by atoms with Gasteiger partial charge in [-0.3, -0.25) is 4.79 Å². The second-order valence-electron chi connectivity index (χ2n) is 4.29. The van der Waals surface area contributed by atoms with E-state index in [1.54, 1.807) is 6.92 Å². The highest BCUT2D eigenvalue weighted by atomic mass is 16.2. The van der Waals surface area contributed by atoms with Gasteiger partial charge in [-0.05, 0) is 29.9 Å². The molecule has 1 heterocycles. The lowest BCUT2D eigenvalue weighted by Gasteiger charge is -2.27. The van der Waals surface area contributed by atoms with Crippen LogP contribution in [-0.2, 0) is 4.79 Å². The van der Waals surface area contributed by atoms with Crippen molar-refractivity contribution in [3.63, 3.8) is 0 Å². The van der Waals surface area contributed by atoms with Crippen LogP contribution in [-0.4, -0.2) is 12.5 Å². The van der Waals surface area contributed by atoms with Crippen molar-refractivity contribution in [3.05, 3.63) is 29.8 Å². The fourth-order valence-corrected chi connectivity index (χ4v) is 2.51. The molecule has 3 rings (SSSR count). The minimum Gasteiger partial charge on any atom is -0.312 e. The summed E-state index contributed by atoms with van der Waals surface area (Å²) in [7, 11) is 0. The summed E-state index contributed by atoms with van der Waals surface area (Å²) in [5.41, 5.74) is 2.51. The van der Waals surface area contributed by atoms with Gasteiger partial charge >= 0.3 is 0 Å². The van der Waals surface area contributed by atoms with E-state index in [-0.39, 0.29) is 5.91 Å². The van der Waals surface area contributed by atoms with Gasteiger partial charge in [0, 0.05) is 19.2 Å². The van der Waals surface area contributed by atoms with Gasteiger partial charge in [-0.15, -0.1) is 0 Å². The summed E-state index contributed by atoms with van der Waals surface area (Å²) in [6.07, 6.45) is 1.26. The Morgan fingerprint density at radius 1 is 1.43 bits per heavy atom. The van der Waals surface area contributed by atoms with Gasteiger partial charge in [0.1, 0.15) is 0 Å². The van der Waals surface area contributed by atoms with Gasteiger partial charge in [-0.2, -0.15) is 0 Å². The van der Waals surface area contributed by atoms with Crippen molar-refractivity contribution in [1.29, 1.82) is 0 Å². The van der Waals surface area contributed by atoms with E-state index in [2.05, 4.69) is 18.2 Å². The fourth-order valence-electron chi connectivity index (χ4n) is 2.51. The maximum Gasteiger partial charge on any atom is 0.223 e. The molecule has 2 unspecified atom stereocenters. The molecule has 0 aromatic heterocycles. The number of para-hydroxylation sites is 1. The van der Waals surface area contributed by atoms with Crippen molar-refractivity contribution in [2.45, 2.75) is 19.3 Å². The summed E-state index contributed by atoms with van der Waals surface area (Å²) in [6, 6.07) is 8.30. The second kappa shape index (κ2) is 2.59. The monoisotopic (exact) mass is 187 g/mol. The van der Waals surface area contributed by atoms with E-state index in [0.29, 0.717) is 0 Å². The number of amides is 1. The third-order valence-electron chi connectivity index (χ3n) is 3.35. The molecule has 0 bridgehead atoms. The highest BCUT2D eigenvalue weighted by Gasteiger charge is 2.45. The van der Waals surface area contributed by atoms with Crippen LogP contribution >= 0.6 is 0 Å². The fraction of sp³-hybridized carbons (Fsp3) is 0.417. The smallest absolute Gasteiger partial charge is 0.223 e. The highest BCUT2D eigenvalue weighted by Crippen LogP contribution is 2.54. The molecule has 2 atom stereocenters. The first-order valence-corrected chi connectivity index (χ1v) is 5.14. The molecule has 0 spiro atoms. The van der Waals surface area contributed by atoms with Crippen molar-refractivity contribution in [1.82, 2.24) is 0 Å². The highest BCUT2D eigenvalue weighted by molar-refractivity contribution is 5.93. The minimum absolute atomic E-state index is 0.169. The van der Waals surface area contributed by atoms with Crippen LogP contribution in [0.3, 0.4) is 0 Å². The Bertz CT molecular complexity index is 399. The van der Waals surface area contributed by atoms with E-state index in [1.165, 1.54) is 12.0 Å². The number of rotatable bonds is 0. The molecule has 1 aromatic carbocycles. The summed E-state index contributed by atoms with van der Waals surface area (Å²) in [6.45, 7) is 2.58. The molecule has 1 amide bonds. The van der Waals surface area contributed by atoms with Crippen molar-refractivity contribution >= 4 is 11.6 Å². The minimum atomic E-state index is 0.169. The summed E-state index contributed by atoms with van der Waals surface area (Å²) >= 11 is 0. The first-order chi connectivity index (χ1) is 6.77. The van der Waals surface area contributed by atoms with Crippen molar-refractivity contribution in [2.24, 2.45) is 5.92 Å². The first kappa shape index (κ1) is 8.04. The Kier molecular flexibility index (Phi) is 1.49. The Hall–Kier alpha value is -1.31. The molecule has 2 heteroatoms. The third kappa shape index (κ3) is 0.999. The zero-order chi connectivity index (χ0) is 9.71. The third-order valence-corrected chi connectivity index (χ3v) is 3.35. The Morgan fingerprint density at radius 2 is 2.21 bits per heavy atom. The van der Waals surface area contributed by atoms with E-state index in [4.69, 9.17) is 0 Å². The SMILES string of the molecule is CC(=O)N1CC2CC2c2ccccc21. The zero-order valence-corrected chi connectivity index (χ0v) is 8.23. The second-order valence-corrected chi connectivity index (χ2v) is 4.29. The zero-order valence-electron chi connectivity index (χ0n) is 8.23. The van der Waals surface area contributed by atoms with E-state index in [0.717, 1.165) is 24.1 Å². The molecule has 1 aliphatic carbocycles. The lowest BCUT2D eigenvalue weighted by molar-refractivity contribution is -0.116. The Balaban J connectivity index is 2.11. The average molecular weight is 187 g/mol. The van der Waals surface area contributed by atoms with Crippen molar-refractivity contribution in [2.75, 3.05) is 11.4 Å². The van der Waals surface area contributed by atoms with Crippen LogP contribution < -0.4 is 4.90 Å². The molecular formula is C12H13NO.